The lowest BCUT2D eigenvalue weighted by Crippen LogP contribution is -2.14. The van der Waals surface area contributed by atoms with Gasteiger partial charge >= 0.3 is 6.18 Å². The van der Waals surface area contributed by atoms with Crippen LogP contribution >= 0.6 is 0 Å². The fraction of sp³-hybridized carbons (Fsp3) is 0.375. The second-order valence-electron chi connectivity index (χ2n) is 3.00. The van der Waals surface area contributed by atoms with E-state index < -0.39 is 17.9 Å². The average molecular weight is 205 g/mol. The molecule has 0 bridgehead atoms. The molecular formula is C8H10F3N3. The van der Waals surface area contributed by atoms with Gasteiger partial charge in [0.25, 0.3) is 0 Å². The number of hydrogen-bond donors (Lipinski definition) is 2. The highest BCUT2D eigenvalue weighted by Crippen LogP contribution is 2.29. The van der Waals surface area contributed by atoms with Gasteiger partial charge in [0.2, 0.25) is 0 Å². The molecule has 0 saturated carbocycles. The summed E-state index contributed by atoms with van der Waals surface area (Å²) >= 11 is 0. The summed E-state index contributed by atoms with van der Waals surface area (Å²) in [5.41, 5.74) is 9.85. The molecule has 3 nitrogen and oxygen atoms in total. The van der Waals surface area contributed by atoms with Crippen LogP contribution in [0.3, 0.4) is 0 Å². The van der Waals surface area contributed by atoms with Crippen molar-refractivity contribution in [1.82, 2.24) is 4.98 Å². The molecule has 14 heavy (non-hydrogen) atoms. The van der Waals surface area contributed by atoms with Crippen LogP contribution in [0.4, 0.5) is 18.9 Å². The zero-order valence-electron chi connectivity index (χ0n) is 7.47. The van der Waals surface area contributed by atoms with Crippen molar-refractivity contribution in [3.05, 3.63) is 23.5 Å². The first-order valence-electron chi connectivity index (χ1n) is 3.91. The predicted octanol–water partition coefficient (Wildman–Crippen LogP) is 1.70. The van der Waals surface area contributed by atoms with E-state index >= 15 is 0 Å². The largest absolute Gasteiger partial charge is 0.433 e. The normalized spacial score (nSPS) is 14.1. The molecule has 1 rings (SSSR count). The first-order chi connectivity index (χ1) is 6.30. The zero-order valence-corrected chi connectivity index (χ0v) is 7.47. The lowest BCUT2D eigenvalue weighted by Gasteiger charge is -2.11. The molecule has 0 unspecified atom stereocenters. The first kappa shape index (κ1) is 10.8. The van der Waals surface area contributed by atoms with Crippen molar-refractivity contribution in [1.29, 1.82) is 0 Å². The molecule has 1 aromatic rings. The van der Waals surface area contributed by atoms with Crippen LogP contribution in [0.25, 0.3) is 0 Å². The van der Waals surface area contributed by atoms with Gasteiger partial charge in [-0.25, -0.2) is 4.98 Å². The molecule has 1 atom stereocenters. The van der Waals surface area contributed by atoms with Crippen LogP contribution in [-0.4, -0.2) is 4.98 Å². The molecule has 0 spiro atoms. The molecule has 0 aromatic carbocycles. The van der Waals surface area contributed by atoms with Gasteiger partial charge in [-0.05, 0) is 19.1 Å². The summed E-state index contributed by atoms with van der Waals surface area (Å²) < 4.78 is 36.8. The minimum Gasteiger partial charge on any atom is -0.399 e. The third kappa shape index (κ3) is 2.35. The molecule has 4 N–H and O–H groups in total. The molecule has 6 heteroatoms. The third-order valence-electron chi connectivity index (χ3n) is 1.62. The van der Waals surface area contributed by atoms with Crippen LogP contribution in [0.1, 0.15) is 24.4 Å². The number of nitrogens with two attached hydrogens (primary N) is 2. The molecule has 0 saturated heterocycles. The van der Waals surface area contributed by atoms with E-state index in [9.17, 15) is 13.2 Å². The van der Waals surface area contributed by atoms with Crippen molar-refractivity contribution < 1.29 is 13.2 Å². The van der Waals surface area contributed by atoms with Gasteiger partial charge in [-0.2, -0.15) is 13.2 Å². The summed E-state index contributed by atoms with van der Waals surface area (Å²) in [5.74, 6) is 0. The standard InChI is InChI=1S/C8H10F3N3/c1-4(12)6-2-5(13)3-7(14-6)8(9,10)11/h2-4H,12H2,1H3,(H2,13,14)/t4-/m0/s1. The minimum absolute atomic E-state index is 0.0135. The maximum Gasteiger partial charge on any atom is 0.433 e. The van der Waals surface area contributed by atoms with Gasteiger partial charge in [0.15, 0.2) is 0 Å². The highest BCUT2D eigenvalue weighted by atomic mass is 19.4. The summed E-state index contributed by atoms with van der Waals surface area (Å²) in [6.45, 7) is 1.54. The third-order valence-corrected chi connectivity index (χ3v) is 1.62. The van der Waals surface area contributed by atoms with Gasteiger partial charge < -0.3 is 11.5 Å². The summed E-state index contributed by atoms with van der Waals surface area (Å²) in [7, 11) is 0. The Morgan fingerprint density at radius 3 is 2.36 bits per heavy atom. The molecule has 0 aliphatic rings. The van der Waals surface area contributed by atoms with E-state index in [1.807, 2.05) is 0 Å². The number of alkyl halides is 3. The highest BCUT2D eigenvalue weighted by Gasteiger charge is 2.33. The number of halogens is 3. The Hall–Kier alpha value is -1.30. The molecular weight excluding hydrogens is 195 g/mol. The molecule has 1 aromatic heterocycles. The SMILES string of the molecule is C[C@H](N)c1cc(N)cc(C(F)(F)F)n1. The minimum atomic E-state index is -4.49. The van der Waals surface area contributed by atoms with Crippen LogP contribution in [-0.2, 0) is 6.18 Å². The number of rotatable bonds is 1. The first-order valence-corrected chi connectivity index (χ1v) is 3.91. The quantitative estimate of drug-likeness (QED) is 0.733. The number of anilines is 1. The van der Waals surface area contributed by atoms with Crippen LogP contribution in [0.15, 0.2) is 12.1 Å². The molecule has 0 amide bonds. The van der Waals surface area contributed by atoms with Gasteiger partial charge in [-0.3, -0.25) is 0 Å². The summed E-state index contributed by atoms with van der Waals surface area (Å²) in [6, 6.07) is 1.55. The second kappa shape index (κ2) is 3.45. The molecule has 78 valence electrons. The van der Waals surface area contributed by atoms with E-state index in [4.69, 9.17) is 11.5 Å². The Balaban J connectivity index is 3.21. The average Bonchev–Trinajstić information content (AvgIpc) is 2.01. The lowest BCUT2D eigenvalue weighted by molar-refractivity contribution is -0.141. The monoisotopic (exact) mass is 205 g/mol. The van der Waals surface area contributed by atoms with Crippen molar-refractivity contribution in [2.75, 3.05) is 5.73 Å². The van der Waals surface area contributed by atoms with Gasteiger partial charge in [-0.15, -0.1) is 0 Å². The van der Waals surface area contributed by atoms with E-state index in [0.717, 1.165) is 6.07 Å². The molecule has 0 radical (unpaired) electrons. The van der Waals surface area contributed by atoms with Crippen molar-refractivity contribution in [3.8, 4) is 0 Å². The Bertz CT molecular complexity index is 333. The van der Waals surface area contributed by atoms with Crippen molar-refractivity contribution in [2.24, 2.45) is 5.73 Å². The van der Waals surface area contributed by atoms with E-state index in [-0.39, 0.29) is 11.4 Å². The number of pyridine rings is 1. The predicted molar refractivity (Wildman–Crippen MR) is 46.3 cm³/mol. The van der Waals surface area contributed by atoms with Gasteiger partial charge in [0.1, 0.15) is 5.69 Å². The Morgan fingerprint density at radius 2 is 1.93 bits per heavy atom. The van der Waals surface area contributed by atoms with Crippen LogP contribution in [0, 0.1) is 0 Å². The van der Waals surface area contributed by atoms with Crippen molar-refractivity contribution in [3.63, 3.8) is 0 Å². The van der Waals surface area contributed by atoms with E-state index in [1.54, 1.807) is 6.92 Å². The van der Waals surface area contributed by atoms with Crippen molar-refractivity contribution >= 4 is 5.69 Å². The van der Waals surface area contributed by atoms with Crippen molar-refractivity contribution in [2.45, 2.75) is 19.1 Å². The molecule has 0 aliphatic heterocycles. The maximum absolute atomic E-state index is 12.3. The maximum atomic E-state index is 12.3. The summed E-state index contributed by atoms with van der Waals surface area (Å²) in [4.78, 5) is 3.37. The van der Waals surface area contributed by atoms with Gasteiger partial charge in [0.05, 0.1) is 5.69 Å². The summed E-state index contributed by atoms with van der Waals surface area (Å²) in [5, 5.41) is 0. The number of aromatic nitrogens is 1. The fourth-order valence-corrected chi connectivity index (χ4v) is 0.952. The molecule has 1 heterocycles. The highest BCUT2D eigenvalue weighted by molar-refractivity contribution is 5.41. The molecule has 0 aliphatic carbocycles. The Labute approximate surface area is 78.9 Å². The smallest absolute Gasteiger partial charge is 0.399 e. The van der Waals surface area contributed by atoms with Crippen LogP contribution in [0.5, 0.6) is 0 Å². The topological polar surface area (TPSA) is 64.9 Å². The molecule has 0 fully saturated rings. The van der Waals surface area contributed by atoms with E-state index in [0.29, 0.717) is 0 Å². The van der Waals surface area contributed by atoms with E-state index in [1.165, 1.54) is 6.07 Å². The Kier molecular flexibility index (Phi) is 2.66. The summed E-state index contributed by atoms with van der Waals surface area (Å²) in [6.07, 6.45) is -4.49. The lowest BCUT2D eigenvalue weighted by atomic mass is 10.2. The number of nitrogens with zero attached hydrogens (tertiary/aromatic N) is 1. The van der Waals surface area contributed by atoms with Crippen LogP contribution in [0.2, 0.25) is 0 Å². The Morgan fingerprint density at radius 1 is 1.36 bits per heavy atom. The van der Waals surface area contributed by atoms with Crippen LogP contribution < -0.4 is 11.5 Å². The zero-order chi connectivity index (χ0) is 10.9. The van der Waals surface area contributed by atoms with E-state index in [2.05, 4.69) is 4.98 Å². The van der Waals surface area contributed by atoms with Gasteiger partial charge in [0, 0.05) is 11.7 Å². The number of nitrogen functional groups attached to an aromatic ring is 1. The van der Waals surface area contributed by atoms with Gasteiger partial charge in [-0.1, -0.05) is 0 Å². The number of hydrogen-bond acceptors (Lipinski definition) is 3. The fourth-order valence-electron chi connectivity index (χ4n) is 0.952. The second-order valence-corrected chi connectivity index (χ2v) is 3.00.